The lowest BCUT2D eigenvalue weighted by atomic mass is 10.1. The Morgan fingerprint density at radius 1 is 1.14 bits per heavy atom. The lowest BCUT2D eigenvalue weighted by Crippen LogP contribution is -2.36. The quantitative estimate of drug-likeness (QED) is 0.636. The van der Waals surface area contributed by atoms with Crippen LogP contribution in [0.25, 0.3) is 0 Å². The van der Waals surface area contributed by atoms with Crippen molar-refractivity contribution in [3.63, 3.8) is 0 Å². The van der Waals surface area contributed by atoms with E-state index in [1.165, 1.54) is 5.56 Å². The van der Waals surface area contributed by atoms with Gasteiger partial charge in [0.05, 0.1) is 13.2 Å². The Kier molecular flexibility index (Phi) is 9.06. The van der Waals surface area contributed by atoms with Crippen molar-refractivity contribution in [2.45, 2.75) is 26.8 Å². The van der Waals surface area contributed by atoms with Crippen LogP contribution in [0.5, 0.6) is 5.75 Å². The highest BCUT2D eigenvalue weighted by molar-refractivity contribution is 5.36. The van der Waals surface area contributed by atoms with E-state index in [0.717, 1.165) is 38.6 Å². The molecule has 0 heterocycles. The molecule has 1 atom stereocenters. The van der Waals surface area contributed by atoms with E-state index < -0.39 is 0 Å². The first kappa shape index (κ1) is 18.0. The molecular formula is C17H30N2O2. The minimum Gasteiger partial charge on any atom is -0.494 e. The molecule has 0 aliphatic rings. The fourth-order valence-corrected chi connectivity index (χ4v) is 2.38. The summed E-state index contributed by atoms with van der Waals surface area (Å²) >= 11 is 0. The molecule has 0 radical (unpaired) electrons. The van der Waals surface area contributed by atoms with Gasteiger partial charge in [-0.05, 0) is 33.5 Å². The van der Waals surface area contributed by atoms with E-state index in [-0.39, 0.29) is 6.04 Å². The molecule has 1 N–H and O–H groups in total. The predicted molar refractivity (Wildman–Crippen MR) is 88.0 cm³/mol. The van der Waals surface area contributed by atoms with E-state index in [4.69, 9.17) is 9.47 Å². The molecule has 4 heteroatoms. The number of nitrogens with one attached hydrogen (secondary N) is 1. The largest absolute Gasteiger partial charge is 0.494 e. The van der Waals surface area contributed by atoms with E-state index in [1.807, 2.05) is 33.0 Å². The van der Waals surface area contributed by atoms with Crippen molar-refractivity contribution in [1.82, 2.24) is 10.2 Å². The van der Waals surface area contributed by atoms with Gasteiger partial charge in [0.15, 0.2) is 0 Å². The molecule has 0 aliphatic heterocycles. The Balaban J connectivity index is 2.72. The fourth-order valence-electron chi connectivity index (χ4n) is 2.38. The molecule has 1 aromatic carbocycles. The van der Waals surface area contributed by atoms with Crippen molar-refractivity contribution in [1.29, 1.82) is 0 Å². The average molecular weight is 294 g/mol. The Morgan fingerprint density at radius 3 is 2.52 bits per heavy atom. The number of para-hydroxylation sites is 1. The molecule has 0 fully saturated rings. The van der Waals surface area contributed by atoms with Crippen LogP contribution in [0.15, 0.2) is 24.3 Å². The van der Waals surface area contributed by atoms with Crippen LogP contribution in [-0.2, 0) is 4.74 Å². The number of hydrogen-bond acceptors (Lipinski definition) is 4. The highest BCUT2D eigenvalue weighted by Gasteiger charge is 2.17. The first-order valence-electron chi connectivity index (χ1n) is 7.95. The normalized spacial score (nSPS) is 12.6. The highest BCUT2D eigenvalue weighted by atomic mass is 16.5. The van der Waals surface area contributed by atoms with Gasteiger partial charge in [-0.15, -0.1) is 0 Å². The lowest BCUT2D eigenvalue weighted by Gasteiger charge is -2.27. The van der Waals surface area contributed by atoms with Gasteiger partial charge in [0, 0.05) is 31.3 Å². The molecule has 4 nitrogen and oxygen atoms in total. The predicted octanol–water partition coefficient (Wildman–Crippen LogP) is 2.70. The van der Waals surface area contributed by atoms with E-state index in [1.54, 1.807) is 0 Å². The number of likely N-dealkylation sites (N-methyl/N-ethyl adjacent to an activating group) is 2. The summed E-state index contributed by atoms with van der Waals surface area (Å²) in [7, 11) is 2.00. The zero-order valence-corrected chi connectivity index (χ0v) is 13.9. The van der Waals surface area contributed by atoms with Gasteiger partial charge in [0.25, 0.3) is 0 Å². The summed E-state index contributed by atoms with van der Waals surface area (Å²) in [5, 5.41) is 3.41. The third kappa shape index (κ3) is 6.04. The Bertz CT molecular complexity index is 385. The smallest absolute Gasteiger partial charge is 0.124 e. The number of nitrogens with zero attached hydrogens (tertiary/aromatic N) is 1. The molecule has 0 bridgehead atoms. The van der Waals surface area contributed by atoms with Crippen LogP contribution in [-0.4, -0.2) is 51.4 Å². The van der Waals surface area contributed by atoms with Gasteiger partial charge in [-0.2, -0.15) is 0 Å². The molecule has 0 amide bonds. The Morgan fingerprint density at radius 2 is 1.90 bits per heavy atom. The lowest BCUT2D eigenvalue weighted by molar-refractivity contribution is 0.111. The van der Waals surface area contributed by atoms with Gasteiger partial charge in [-0.1, -0.05) is 25.1 Å². The molecule has 21 heavy (non-hydrogen) atoms. The number of hydrogen-bond donors (Lipinski definition) is 1. The molecule has 1 aromatic rings. The first-order valence-corrected chi connectivity index (χ1v) is 7.95. The minimum atomic E-state index is 0.259. The molecule has 120 valence electrons. The van der Waals surface area contributed by atoms with Crippen LogP contribution >= 0.6 is 0 Å². The first-order chi connectivity index (χ1) is 10.3. The Hall–Kier alpha value is -1.10. The molecule has 1 rings (SSSR count). The SMILES string of the molecule is CCOCCN(CC)CC(NC)c1ccccc1OCC. The third-order valence-electron chi connectivity index (χ3n) is 3.59. The average Bonchev–Trinajstić information content (AvgIpc) is 2.52. The summed E-state index contributed by atoms with van der Waals surface area (Å²) in [5.41, 5.74) is 1.22. The van der Waals surface area contributed by atoms with Crippen molar-refractivity contribution in [2.75, 3.05) is 46.5 Å². The number of benzene rings is 1. The van der Waals surface area contributed by atoms with E-state index in [0.29, 0.717) is 6.61 Å². The maximum atomic E-state index is 5.75. The molecular weight excluding hydrogens is 264 g/mol. The van der Waals surface area contributed by atoms with Crippen LogP contribution in [0.2, 0.25) is 0 Å². The second-order valence-electron chi connectivity index (χ2n) is 4.90. The summed E-state index contributed by atoms with van der Waals surface area (Å²) < 4.78 is 11.2. The second-order valence-corrected chi connectivity index (χ2v) is 4.90. The van der Waals surface area contributed by atoms with Crippen molar-refractivity contribution in [2.24, 2.45) is 0 Å². The van der Waals surface area contributed by atoms with E-state index >= 15 is 0 Å². The molecule has 0 aliphatic carbocycles. The van der Waals surface area contributed by atoms with Gasteiger partial charge < -0.3 is 14.8 Å². The minimum absolute atomic E-state index is 0.259. The van der Waals surface area contributed by atoms with Crippen LogP contribution in [0, 0.1) is 0 Å². The zero-order chi connectivity index (χ0) is 15.5. The molecule has 0 saturated carbocycles. The van der Waals surface area contributed by atoms with Crippen LogP contribution < -0.4 is 10.1 Å². The Labute approximate surface area is 129 Å². The van der Waals surface area contributed by atoms with Crippen LogP contribution in [0.4, 0.5) is 0 Å². The third-order valence-corrected chi connectivity index (χ3v) is 3.59. The van der Waals surface area contributed by atoms with Gasteiger partial charge >= 0.3 is 0 Å². The summed E-state index contributed by atoms with van der Waals surface area (Å²) in [6.07, 6.45) is 0. The van der Waals surface area contributed by atoms with Crippen molar-refractivity contribution in [3.05, 3.63) is 29.8 Å². The van der Waals surface area contributed by atoms with Gasteiger partial charge in [0.2, 0.25) is 0 Å². The topological polar surface area (TPSA) is 33.7 Å². The standard InChI is InChI=1S/C17H30N2O2/c1-5-19(12-13-20-6-2)14-16(18-4)15-10-8-9-11-17(15)21-7-3/h8-11,16,18H,5-7,12-14H2,1-4H3. The summed E-state index contributed by atoms with van der Waals surface area (Å²) in [6, 6.07) is 8.53. The summed E-state index contributed by atoms with van der Waals surface area (Å²) in [4.78, 5) is 2.40. The van der Waals surface area contributed by atoms with E-state index in [9.17, 15) is 0 Å². The fraction of sp³-hybridized carbons (Fsp3) is 0.647. The highest BCUT2D eigenvalue weighted by Crippen LogP contribution is 2.25. The van der Waals surface area contributed by atoms with Gasteiger partial charge in [-0.3, -0.25) is 4.90 Å². The van der Waals surface area contributed by atoms with Crippen molar-refractivity contribution < 1.29 is 9.47 Å². The number of rotatable bonds is 11. The number of ether oxygens (including phenoxy) is 2. The van der Waals surface area contributed by atoms with Gasteiger partial charge in [-0.25, -0.2) is 0 Å². The van der Waals surface area contributed by atoms with Gasteiger partial charge in [0.1, 0.15) is 5.75 Å². The maximum Gasteiger partial charge on any atom is 0.124 e. The van der Waals surface area contributed by atoms with Crippen LogP contribution in [0.1, 0.15) is 32.4 Å². The summed E-state index contributed by atoms with van der Waals surface area (Å²) in [6.45, 7) is 11.4. The van der Waals surface area contributed by atoms with Crippen molar-refractivity contribution in [3.8, 4) is 5.75 Å². The second kappa shape index (κ2) is 10.6. The van der Waals surface area contributed by atoms with E-state index in [2.05, 4.69) is 29.3 Å². The summed E-state index contributed by atoms with van der Waals surface area (Å²) in [5.74, 6) is 0.972. The molecule has 0 saturated heterocycles. The van der Waals surface area contributed by atoms with Crippen LogP contribution in [0.3, 0.4) is 0 Å². The molecule has 0 spiro atoms. The molecule has 0 aromatic heterocycles. The molecule has 1 unspecified atom stereocenters. The zero-order valence-electron chi connectivity index (χ0n) is 13.9. The van der Waals surface area contributed by atoms with Crippen molar-refractivity contribution >= 4 is 0 Å². The maximum absolute atomic E-state index is 5.75. The monoisotopic (exact) mass is 294 g/mol.